The number of fused-ring (bicyclic) bond motifs is 1. The number of carbonyl (C=O) groups excluding carboxylic acids is 1. The number of aryl methyl sites for hydroxylation is 1. The molecular weight excluding hydrogens is 406 g/mol. The molecule has 0 atom stereocenters. The molecule has 1 aromatic heterocycles. The van der Waals surface area contributed by atoms with Crippen molar-refractivity contribution >= 4 is 44.9 Å². The number of thioether (sulfide) groups is 1. The number of nitro benzene ring substituents is 1. The second-order valence-electron chi connectivity index (χ2n) is 7.68. The summed E-state index contributed by atoms with van der Waals surface area (Å²) in [7, 11) is 0. The summed E-state index contributed by atoms with van der Waals surface area (Å²) in [5.74, 6) is 0.536. The van der Waals surface area contributed by atoms with Crippen LogP contribution in [-0.4, -0.2) is 27.4 Å². The quantitative estimate of drug-likeness (QED) is 0.422. The van der Waals surface area contributed by atoms with Gasteiger partial charge in [0.2, 0.25) is 0 Å². The normalized spacial score (nSPS) is 12.5. The Labute approximate surface area is 177 Å². The average Bonchev–Trinajstić information content (AvgIpc) is 3.01. The van der Waals surface area contributed by atoms with Gasteiger partial charge in [0.25, 0.3) is 11.6 Å². The smallest absolute Gasteiger partial charge is 0.279 e. The molecule has 0 bridgehead atoms. The molecule has 0 N–H and O–H groups in total. The van der Waals surface area contributed by atoms with E-state index in [0.717, 1.165) is 21.5 Å². The Kier molecular flexibility index (Phi) is 6.24. The van der Waals surface area contributed by atoms with Crippen molar-refractivity contribution in [3.63, 3.8) is 0 Å². The van der Waals surface area contributed by atoms with Crippen LogP contribution in [0, 0.1) is 10.1 Å². The number of non-ortho nitro benzene ring substituents is 1. The number of benzene rings is 2. The summed E-state index contributed by atoms with van der Waals surface area (Å²) < 4.78 is 2.71. The van der Waals surface area contributed by atoms with E-state index in [4.69, 9.17) is 0 Å². The average molecular weight is 430 g/mol. The number of aromatic nitrogens is 1. The molecule has 0 fully saturated rings. The molecule has 0 aliphatic rings. The SMILES string of the molecule is CSCCn1c(=NC(=O)c2ccc(C(C)(C)C)cc2)sc2cc([N+](=O)[O-])ccc21. The number of rotatable bonds is 5. The number of nitrogens with zero attached hydrogens (tertiary/aromatic N) is 3. The fourth-order valence-electron chi connectivity index (χ4n) is 2.92. The minimum atomic E-state index is -0.413. The van der Waals surface area contributed by atoms with Gasteiger partial charge in [0.15, 0.2) is 4.80 Å². The maximum Gasteiger partial charge on any atom is 0.279 e. The molecule has 0 spiro atoms. The Morgan fingerprint density at radius 3 is 2.48 bits per heavy atom. The van der Waals surface area contributed by atoms with Crippen LogP contribution in [0.2, 0.25) is 0 Å². The zero-order chi connectivity index (χ0) is 21.2. The van der Waals surface area contributed by atoms with E-state index in [1.165, 1.54) is 23.5 Å². The summed E-state index contributed by atoms with van der Waals surface area (Å²) in [5, 5.41) is 11.1. The van der Waals surface area contributed by atoms with Crippen molar-refractivity contribution in [2.75, 3.05) is 12.0 Å². The third-order valence-corrected chi connectivity index (χ3v) is 6.22. The van der Waals surface area contributed by atoms with Gasteiger partial charge in [-0.25, -0.2) is 0 Å². The number of thiazole rings is 1. The summed E-state index contributed by atoms with van der Waals surface area (Å²) in [4.78, 5) is 28.3. The van der Waals surface area contributed by atoms with Gasteiger partial charge in [-0.3, -0.25) is 14.9 Å². The number of hydrogen-bond acceptors (Lipinski definition) is 5. The van der Waals surface area contributed by atoms with Gasteiger partial charge in [-0.15, -0.1) is 0 Å². The van der Waals surface area contributed by atoms with Gasteiger partial charge in [0.05, 0.1) is 15.1 Å². The van der Waals surface area contributed by atoms with E-state index in [0.29, 0.717) is 16.9 Å². The van der Waals surface area contributed by atoms with Crippen LogP contribution in [0.15, 0.2) is 47.5 Å². The highest BCUT2D eigenvalue weighted by Crippen LogP contribution is 2.24. The monoisotopic (exact) mass is 429 g/mol. The van der Waals surface area contributed by atoms with Crippen molar-refractivity contribution in [2.24, 2.45) is 4.99 Å². The lowest BCUT2D eigenvalue weighted by atomic mass is 9.87. The predicted molar refractivity (Wildman–Crippen MR) is 120 cm³/mol. The van der Waals surface area contributed by atoms with Gasteiger partial charge < -0.3 is 4.57 Å². The van der Waals surface area contributed by atoms with Crippen LogP contribution >= 0.6 is 23.1 Å². The Hall–Kier alpha value is -2.45. The molecule has 0 radical (unpaired) electrons. The summed E-state index contributed by atoms with van der Waals surface area (Å²) in [6, 6.07) is 12.3. The minimum absolute atomic E-state index is 0.0136. The fourth-order valence-corrected chi connectivity index (χ4v) is 4.38. The van der Waals surface area contributed by atoms with Gasteiger partial charge in [-0.1, -0.05) is 44.2 Å². The van der Waals surface area contributed by atoms with Crippen LogP contribution in [0.1, 0.15) is 36.7 Å². The molecule has 0 aliphatic heterocycles. The molecule has 0 unspecified atom stereocenters. The van der Waals surface area contributed by atoms with Gasteiger partial charge >= 0.3 is 0 Å². The zero-order valence-corrected chi connectivity index (χ0v) is 18.5. The van der Waals surface area contributed by atoms with E-state index in [1.54, 1.807) is 30.0 Å². The van der Waals surface area contributed by atoms with E-state index in [-0.39, 0.29) is 17.0 Å². The first-order chi connectivity index (χ1) is 13.7. The van der Waals surface area contributed by atoms with Crippen LogP contribution < -0.4 is 4.80 Å². The van der Waals surface area contributed by atoms with Crippen molar-refractivity contribution < 1.29 is 9.72 Å². The second kappa shape index (κ2) is 8.51. The third kappa shape index (κ3) is 4.76. The summed E-state index contributed by atoms with van der Waals surface area (Å²) >= 11 is 2.99. The number of amides is 1. The molecule has 1 heterocycles. The first-order valence-electron chi connectivity index (χ1n) is 9.17. The highest BCUT2D eigenvalue weighted by molar-refractivity contribution is 7.98. The number of hydrogen-bond donors (Lipinski definition) is 0. The van der Waals surface area contributed by atoms with E-state index in [9.17, 15) is 14.9 Å². The maximum atomic E-state index is 12.8. The standard InChI is InChI=1S/C21H23N3O3S2/c1-21(2,3)15-7-5-14(6-8-15)19(25)22-20-23(11-12-28-4)17-10-9-16(24(26)27)13-18(17)29-20/h5-10,13H,11-12H2,1-4H3. The summed E-state index contributed by atoms with van der Waals surface area (Å²) in [6.45, 7) is 7.05. The van der Waals surface area contributed by atoms with Crippen molar-refractivity contribution in [2.45, 2.75) is 32.7 Å². The summed E-state index contributed by atoms with van der Waals surface area (Å²) in [6.07, 6.45) is 2.01. The summed E-state index contributed by atoms with van der Waals surface area (Å²) in [5.41, 5.74) is 2.58. The lowest BCUT2D eigenvalue weighted by Crippen LogP contribution is -2.18. The minimum Gasteiger partial charge on any atom is -0.315 e. The molecule has 0 saturated carbocycles. The van der Waals surface area contributed by atoms with E-state index in [1.807, 2.05) is 23.0 Å². The van der Waals surface area contributed by atoms with Crippen molar-refractivity contribution in [1.29, 1.82) is 0 Å². The molecule has 29 heavy (non-hydrogen) atoms. The molecule has 152 valence electrons. The van der Waals surface area contributed by atoms with Crippen LogP contribution in [0.4, 0.5) is 5.69 Å². The molecule has 1 amide bonds. The number of nitro groups is 1. The molecule has 0 saturated heterocycles. The van der Waals surface area contributed by atoms with Crippen LogP contribution in [0.3, 0.4) is 0 Å². The largest absolute Gasteiger partial charge is 0.315 e. The van der Waals surface area contributed by atoms with Gasteiger partial charge in [0, 0.05) is 30.0 Å². The Balaban J connectivity index is 2.05. The van der Waals surface area contributed by atoms with Crippen molar-refractivity contribution in [3.05, 3.63) is 68.5 Å². The van der Waals surface area contributed by atoms with Crippen LogP contribution in [0.25, 0.3) is 10.2 Å². The maximum absolute atomic E-state index is 12.8. The van der Waals surface area contributed by atoms with Crippen LogP contribution in [-0.2, 0) is 12.0 Å². The van der Waals surface area contributed by atoms with Gasteiger partial charge in [-0.2, -0.15) is 16.8 Å². The molecular formula is C21H23N3O3S2. The topological polar surface area (TPSA) is 77.5 Å². The zero-order valence-electron chi connectivity index (χ0n) is 16.8. The lowest BCUT2D eigenvalue weighted by Gasteiger charge is -2.18. The molecule has 0 aliphatic carbocycles. The van der Waals surface area contributed by atoms with Crippen molar-refractivity contribution in [1.82, 2.24) is 4.57 Å². The van der Waals surface area contributed by atoms with Crippen molar-refractivity contribution in [3.8, 4) is 0 Å². The number of carbonyl (C=O) groups is 1. The molecule has 3 aromatic rings. The Morgan fingerprint density at radius 2 is 1.90 bits per heavy atom. The molecule has 6 nitrogen and oxygen atoms in total. The first kappa shape index (κ1) is 21.3. The highest BCUT2D eigenvalue weighted by Gasteiger charge is 2.15. The molecule has 3 rings (SSSR count). The second-order valence-corrected chi connectivity index (χ2v) is 9.68. The highest BCUT2D eigenvalue weighted by atomic mass is 32.2. The van der Waals surface area contributed by atoms with Crippen LogP contribution in [0.5, 0.6) is 0 Å². The Morgan fingerprint density at radius 1 is 1.21 bits per heavy atom. The first-order valence-corrected chi connectivity index (χ1v) is 11.4. The fraction of sp³-hybridized carbons (Fsp3) is 0.333. The Bertz CT molecular complexity index is 1120. The third-order valence-electron chi connectivity index (χ3n) is 4.59. The van der Waals surface area contributed by atoms with E-state index >= 15 is 0 Å². The van der Waals surface area contributed by atoms with Gasteiger partial charge in [0.1, 0.15) is 0 Å². The van der Waals surface area contributed by atoms with E-state index in [2.05, 4.69) is 25.8 Å². The molecule has 2 aromatic carbocycles. The predicted octanol–water partition coefficient (Wildman–Crippen LogP) is 5.01. The van der Waals surface area contributed by atoms with E-state index < -0.39 is 4.92 Å². The van der Waals surface area contributed by atoms with Gasteiger partial charge in [-0.05, 0) is 35.4 Å². The lowest BCUT2D eigenvalue weighted by molar-refractivity contribution is -0.384. The molecule has 8 heteroatoms.